The lowest BCUT2D eigenvalue weighted by Crippen LogP contribution is -2.44. The first-order chi connectivity index (χ1) is 20.8. The van der Waals surface area contributed by atoms with Crippen LogP contribution in [0.2, 0.25) is 10.0 Å². The Morgan fingerprint density at radius 2 is 1.17 bits per heavy atom. The smallest absolute Gasteiger partial charge is 0.319 e. The first-order valence-corrected chi connectivity index (χ1v) is 16.9. The van der Waals surface area contributed by atoms with Crippen molar-refractivity contribution in [2.75, 3.05) is 26.4 Å². The van der Waals surface area contributed by atoms with Crippen LogP contribution in [0.1, 0.15) is 60.1 Å². The summed E-state index contributed by atoms with van der Waals surface area (Å²) in [7, 11) is 0. The summed E-state index contributed by atoms with van der Waals surface area (Å²) in [5, 5.41) is 30.8. The highest BCUT2D eigenvalue weighted by molar-refractivity contribution is 9.10. The molecule has 0 bridgehead atoms. The van der Waals surface area contributed by atoms with E-state index in [0.29, 0.717) is 17.9 Å². The predicted molar refractivity (Wildman–Crippen MR) is 196 cm³/mol. The molecule has 2 rings (SSSR count). The largest absolute Gasteiger partial charge is 0.480 e. The molecule has 2 unspecified atom stereocenters. The van der Waals surface area contributed by atoms with Gasteiger partial charge in [0.2, 0.25) is 5.91 Å². The van der Waals surface area contributed by atoms with E-state index in [1.807, 2.05) is 77.9 Å². The molecule has 6 N–H and O–H groups in total. The van der Waals surface area contributed by atoms with Crippen molar-refractivity contribution >= 4 is 66.9 Å². The molecular formula is C33H52Br2Cl2N2O7. The fourth-order valence-electron chi connectivity index (χ4n) is 3.14. The lowest BCUT2D eigenvalue weighted by atomic mass is 10.1. The van der Waals surface area contributed by atoms with Crippen LogP contribution in [0.25, 0.3) is 0 Å². The molecule has 0 aliphatic heterocycles. The maximum atomic E-state index is 12.1. The van der Waals surface area contributed by atoms with E-state index in [-0.39, 0.29) is 63.0 Å². The minimum Gasteiger partial charge on any atom is -0.480 e. The molecular weight excluding hydrogens is 767 g/mol. The van der Waals surface area contributed by atoms with Crippen LogP contribution >= 0.6 is 55.1 Å². The summed E-state index contributed by atoms with van der Waals surface area (Å²) in [5.74, 6) is -1.09. The molecule has 0 aliphatic carbocycles. The number of nitrogens with one attached hydrogen (secondary N) is 1. The zero-order valence-electron chi connectivity index (χ0n) is 26.7. The number of carboxylic acid groups (broad SMARTS) is 1. The third-order valence-corrected chi connectivity index (χ3v) is 7.33. The number of nitrogens with two attached hydrogens (primary N) is 1. The van der Waals surface area contributed by atoms with Crippen molar-refractivity contribution < 1.29 is 34.4 Å². The lowest BCUT2D eigenvalue weighted by Gasteiger charge is -2.23. The Labute approximate surface area is 301 Å². The topological polar surface area (TPSA) is 151 Å². The van der Waals surface area contributed by atoms with Gasteiger partial charge in [0.1, 0.15) is 9.65 Å². The maximum Gasteiger partial charge on any atom is 0.319 e. The van der Waals surface area contributed by atoms with Crippen LogP contribution in [0, 0.1) is 0 Å². The van der Waals surface area contributed by atoms with Gasteiger partial charge in [0.15, 0.2) is 0 Å². The number of carbonyl (C=O) groups is 2. The SMILES string of the molecule is C.CC(C)(C)OC[C@@H](Br)C(=O)NC(CO)Cc1ccc(Cl)cc1.CC(C)(C)OC[C@@H](Br)C(=O)O.NC(CO)Cc1ccc(Cl)cc1. The van der Waals surface area contributed by atoms with E-state index >= 15 is 0 Å². The molecule has 4 atom stereocenters. The van der Waals surface area contributed by atoms with Crippen molar-refractivity contribution in [2.45, 2.75) is 94.8 Å². The van der Waals surface area contributed by atoms with Crippen molar-refractivity contribution in [3.63, 3.8) is 0 Å². The van der Waals surface area contributed by atoms with E-state index in [2.05, 4.69) is 37.2 Å². The normalized spacial score (nSPS) is 13.8. The second-order valence-electron chi connectivity index (χ2n) is 12.1. The number of carbonyl (C=O) groups excluding carboxylic acids is 1. The van der Waals surface area contributed by atoms with Crippen LogP contribution in [0.3, 0.4) is 0 Å². The van der Waals surface area contributed by atoms with E-state index in [0.717, 1.165) is 16.1 Å². The van der Waals surface area contributed by atoms with Gasteiger partial charge in [-0.25, -0.2) is 0 Å². The number of aliphatic carboxylic acids is 1. The van der Waals surface area contributed by atoms with Gasteiger partial charge in [0, 0.05) is 16.1 Å². The van der Waals surface area contributed by atoms with E-state index in [9.17, 15) is 14.7 Å². The third-order valence-electron chi connectivity index (χ3n) is 5.49. The van der Waals surface area contributed by atoms with E-state index in [4.69, 9.17) is 48.6 Å². The number of ether oxygens (including phenoxy) is 2. The van der Waals surface area contributed by atoms with Gasteiger partial charge in [-0.1, -0.05) is 86.8 Å². The molecule has 0 heterocycles. The van der Waals surface area contributed by atoms with Crippen molar-refractivity contribution in [1.82, 2.24) is 5.32 Å². The molecule has 2 aromatic rings. The highest BCUT2D eigenvalue weighted by Gasteiger charge is 2.22. The summed E-state index contributed by atoms with van der Waals surface area (Å²) in [5.41, 5.74) is 7.08. The van der Waals surface area contributed by atoms with Crippen molar-refractivity contribution in [1.29, 1.82) is 0 Å². The fourth-order valence-corrected chi connectivity index (χ4v) is 3.79. The highest BCUT2D eigenvalue weighted by atomic mass is 79.9. The summed E-state index contributed by atoms with van der Waals surface area (Å²) < 4.78 is 10.8. The summed E-state index contributed by atoms with van der Waals surface area (Å²) in [6.45, 7) is 11.8. The quantitative estimate of drug-likeness (QED) is 0.145. The van der Waals surface area contributed by atoms with Gasteiger partial charge < -0.3 is 35.8 Å². The molecule has 0 aliphatic rings. The van der Waals surface area contributed by atoms with E-state index < -0.39 is 15.6 Å². The molecule has 0 aromatic heterocycles. The monoisotopic (exact) mass is 816 g/mol. The first-order valence-electron chi connectivity index (χ1n) is 14.3. The van der Waals surface area contributed by atoms with Crippen LogP contribution in [0.4, 0.5) is 0 Å². The number of aliphatic hydroxyl groups is 2. The molecule has 0 radical (unpaired) electrons. The van der Waals surface area contributed by atoms with Crippen LogP contribution < -0.4 is 11.1 Å². The Bertz CT molecular complexity index is 1110. The van der Waals surface area contributed by atoms with Gasteiger partial charge in [0.25, 0.3) is 0 Å². The summed E-state index contributed by atoms with van der Waals surface area (Å²) in [4.78, 5) is 21.3. The molecule has 0 spiro atoms. The first kappa shape index (κ1) is 46.8. The molecule has 2 aromatic carbocycles. The summed E-state index contributed by atoms with van der Waals surface area (Å²) in [6.07, 6.45) is 1.23. The van der Waals surface area contributed by atoms with Crippen LogP contribution in [-0.2, 0) is 31.9 Å². The number of rotatable bonds is 13. The van der Waals surface area contributed by atoms with Gasteiger partial charge in [-0.2, -0.15) is 0 Å². The molecule has 1 amide bonds. The number of amides is 1. The van der Waals surface area contributed by atoms with Crippen LogP contribution in [0.15, 0.2) is 48.5 Å². The minimum atomic E-state index is -0.894. The molecule has 9 nitrogen and oxygen atoms in total. The number of hydrogen-bond acceptors (Lipinski definition) is 7. The number of alkyl halides is 2. The number of benzene rings is 2. The Morgan fingerprint density at radius 3 is 1.52 bits per heavy atom. The molecule has 0 saturated heterocycles. The van der Waals surface area contributed by atoms with Gasteiger partial charge >= 0.3 is 5.97 Å². The second kappa shape index (κ2) is 23.9. The van der Waals surface area contributed by atoms with E-state index in [1.165, 1.54) is 0 Å². The van der Waals surface area contributed by atoms with E-state index in [1.54, 1.807) is 12.1 Å². The Morgan fingerprint density at radius 1 is 0.783 bits per heavy atom. The average Bonchev–Trinajstić information content (AvgIpc) is 2.96. The number of carboxylic acids is 1. The van der Waals surface area contributed by atoms with Crippen molar-refractivity contribution in [3.05, 3.63) is 69.7 Å². The zero-order chi connectivity index (χ0) is 34.8. The van der Waals surface area contributed by atoms with Gasteiger partial charge in [-0.05, 0) is 89.8 Å². The maximum absolute atomic E-state index is 12.1. The standard InChI is InChI=1S/C16H23BrClNO3.C9H12ClNO.C7H13BrO3.CH4/c1-16(2,3)22-10-14(17)15(21)19-13(9-20)8-11-4-6-12(18)7-5-11;10-8-3-1-7(2-4-8)5-9(11)6-12;1-7(2,3)11-4-5(8)6(9)10;/h4-7,13-14,20H,8-10H2,1-3H3,(H,19,21);1-4,9,12H,5-6,11H2;5H,4H2,1-3H3,(H,9,10);1H4/t13?,14-;;5-;/m1.1./s1. The second-order valence-corrected chi connectivity index (χ2v) is 15.2. The lowest BCUT2D eigenvalue weighted by molar-refractivity contribution is -0.138. The Balaban J connectivity index is 0. The number of hydrogen-bond donors (Lipinski definition) is 5. The van der Waals surface area contributed by atoms with Crippen molar-refractivity contribution in [3.8, 4) is 0 Å². The third kappa shape index (κ3) is 24.8. The minimum absolute atomic E-state index is 0. The van der Waals surface area contributed by atoms with Gasteiger partial charge in [0.05, 0.1) is 43.7 Å². The molecule has 13 heteroatoms. The van der Waals surface area contributed by atoms with Crippen molar-refractivity contribution in [2.24, 2.45) is 5.73 Å². The molecule has 0 saturated carbocycles. The summed E-state index contributed by atoms with van der Waals surface area (Å²) >= 11 is 17.8. The van der Waals surface area contributed by atoms with Gasteiger partial charge in [-0.3, -0.25) is 9.59 Å². The average molecular weight is 820 g/mol. The molecule has 264 valence electrons. The number of halogens is 4. The summed E-state index contributed by atoms with van der Waals surface area (Å²) in [6, 6.07) is 14.3. The van der Waals surface area contributed by atoms with Crippen LogP contribution in [-0.4, -0.2) is 86.6 Å². The Hall–Kier alpha value is -1.28. The predicted octanol–water partition coefficient (Wildman–Crippen LogP) is 6.43. The van der Waals surface area contributed by atoms with Gasteiger partial charge in [-0.15, -0.1) is 0 Å². The van der Waals surface area contributed by atoms with Crippen LogP contribution in [0.5, 0.6) is 0 Å². The number of aliphatic hydroxyl groups excluding tert-OH is 2. The zero-order valence-corrected chi connectivity index (χ0v) is 31.4. The molecule has 46 heavy (non-hydrogen) atoms. The fraction of sp³-hybridized carbons (Fsp3) is 0.576. The highest BCUT2D eigenvalue weighted by Crippen LogP contribution is 2.14. The Kier molecular flexibility index (Phi) is 24.4. The molecule has 0 fully saturated rings.